The molecule has 25 heavy (non-hydrogen) atoms. The van der Waals surface area contributed by atoms with E-state index in [1.807, 2.05) is 19.1 Å². The number of amides is 1. The molecule has 1 aromatic heterocycles. The summed E-state index contributed by atoms with van der Waals surface area (Å²) >= 11 is 7.14. The number of hydrogen-bond donors (Lipinski definition) is 1. The Morgan fingerprint density at radius 1 is 1.24 bits per heavy atom. The van der Waals surface area contributed by atoms with E-state index in [2.05, 4.69) is 44.1 Å². The van der Waals surface area contributed by atoms with Crippen molar-refractivity contribution in [3.8, 4) is 0 Å². The summed E-state index contributed by atoms with van der Waals surface area (Å²) in [6.45, 7) is 4.18. The molecule has 5 heteroatoms. The molecular weight excluding hydrogens is 446 g/mol. The highest BCUT2D eigenvalue weighted by atomic mass is 79.9. The van der Waals surface area contributed by atoms with Gasteiger partial charge in [-0.05, 0) is 71.8 Å². The Kier molecular flexibility index (Phi) is 4.40. The first-order valence-corrected chi connectivity index (χ1v) is 10.2. The van der Waals surface area contributed by atoms with E-state index in [4.69, 9.17) is 4.42 Å². The van der Waals surface area contributed by atoms with Gasteiger partial charge in [0.05, 0.1) is 11.3 Å². The average Bonchev–Trinajstić information content (AvgIpc) is 3.11. The minimum absolute atomic E-state index is 0.0756. The van der Waals surface area contributed by atoms with Crippen LogP contribution in [0.25, 0.3) is 11.6 Å². The number of aryl methyl sites for hydroxylation is 1. The van der Waals surface area contributed by atoms with Gasteiger partial charge in [-0.25, -0.2) is 0 Å². The summed E-state index contributed by atoms with van der Waals surface area (Å²) in [4.78, 5) is 12.6. The maximum absolute atomic E-state index is 12.6. The quantitative estimate of drug-likeness (QED) is 0.550. The third-order valence-corrected chi connectivity index (χ3v) is 6.62. The van der Waals surface area contributed by atoms with Crippen LogP contribution < -0.4 is 5.32 Å². The van der Waals surface area contributed by atoms with Gasteiger partial charge in [-0.1, -0.05) is 22.9 Å². The number of fused-ring (bicyclic) bond motifs is 2. The van der Waals surface area contributed by atoms with E-state index in [1.54, 1.807) is 0 Å². The van der Waals surface area contributed by atoms with Crippen LogP contribution in [-0.2, 0) is 24.1 Å². The zero-order chi connectivity index (χ0) is 17.7. The monoisotopic (exact) mass is 463 g/mol. The van der Waals surface area contributed by atoms with E-state index >= 15 is 0 Å². The van der Waals surface area contributed by atoms with Crippen LogP contribution in [0.15, 0.2) is 19.4 Å². The third kappa shape index (κ3) is 2.72. The highest BCUT2D eigenvalue weighted by molar-refractivity contribution is 9.11. The second-order valence-corrected chi connectivity index (χ2v) is 8.34. The summed E-state index contributed by atoms with van der Waals surface area (Å²) in [6, 6.07) is 1.97. The molecule has 130 valence electrons. The lowest BCUT2D eigenvalue weighted by Gasteiger charge is -2.09. The van der Waals surface area contributed by atoms with Crippen LogP contribution in [0.4, 0.5) is 5.69 Å². The third-order valence-electron chi connectivity index (χ3n) is 5.17. The summed E-state index contributed by atoms with van der Waals surface area (Å²) in [5.74, 6) is 1.89. The Labute approximate surface area is 164 Å². The molecule has 2 aliphatic rings. The number of benzene rings is 1. The molecule has 4 rings (SSSR count). The lowest BCUT2D eigenvalue weighted by atomic mass is 9.93. The average molecular weight is 465 g/mol. The number of furan rings is 1. The van der Waals surface area contributed by atoms with Crippen LogP contribution in [0, 0.1) is 6.92 Å². The van der Waals surface area contributed by atoms with Gasteiger partial charge in [0, 0.05) is 26.5 Å². The normalized spacial score (nSPS) is 17.6. The Balaban J connectivity index is 1.90. The summed E-state index contributed by atoms with van der Waals surface area (Å²) in [5, 5.41) is 2.99. The minimum atomic E-state index is -0.0756. The van der Waals surface area contributed by atoms with Gasteiger partial charge in [-0.15, -0.1) is 0 Å². The Morgan fingerprint density at radius 3 is 2.76 bits per heavy atom. The van der Waals surface area contributed by atoms with Crippen LogP contribution in [0.5, 0.6) is 0 Å². The maximum Gasteiger partial charge on any atom is 0.256 e. The van der Waals surface area contributed by atoms with Crippen LogP contribution in [0.3, 0.4) is 0 Å². The van der Waals surface area contributed by atoms with Crippen molar-refractivity contribution in [2.24, 2.45) is 0 Å². The molecule has 1 N–H and O–H groups in total. The van der Waals surface area contributed by atoms with Gasteiger partial charge >= 0.3 is 0 Å². The van der Waals surface area contributed by atoms with Crippen molar-refractivity contribution in [3.63, 3.8) is 0 Å². The van der Waals surface area contributed by atoms with Crippen molar-refractivity contribution in [3.05, 3.63) is 48.8 Å². The van der Waals surface area contributed by atoms with Crippen molar-refractivity contribution < 1.29 is 9.21 Å². The van der Waals surface area contributed by atoms with Crippen molar-refractivity contribution in [1.29, 1.82) is 0 Å². The lowest BCUT2D eigenvalue weighted by molar-refractivity contribution is -0.110. The first-order chi connectivity index (χ1) is 12.0. The molecule has 0 radical (unpaired) electrons. The number of rotatable bonds is 2. The Hall–Kier alpha value is -1.33. The maximum atomic E-state index is 12.6. The van der Waals surface area contributed by atoms with Gasteiger partial charge in [0.1, 0.15) is 11.5 Å². The van der Waals surface area contributed by atoms with Crippen LogP contribution in [-0.4, -0.2) is 5.91 Å². The summed E-state index contributed by atoms with van der Waals surface area (Å²) < 4.78 is 8.04. The molecule has 0 unspecified atom stereocenters. The van der Waals surface area contributed by atoms with E-state index in [0.29, 0.717) is 5.57 Å². The van der Waals surface area contributed by atoms with Crippen molar-refractivity contribution in [2.75, 3.05) is 5.32 Å². The van der Waals surface area contributed by atoms with Crippen LogP contribution in [0.2, 0.25) is 0 Å². The number of halogens is 2. The second-order valence-electron chi connectivity index (χ2n) is 6.63. The number of nitrogens with one attached hydrogen (secondary N) is 1. The number of anilines is 1. The molecule has 1 aliphatic carbocycles. The fraction of sp³-hybridized carbons (Fsp3) is 0.350. The SMILES string of the molecule is CCc1c(C=C2C(=O)Nc3c(Br)cc(Br)c(C)c32)oc2c1CCCC2. The molecule has 1 aromatic carbocycles. The number of carbonyl (C=O) groups excluding carboxylic acids is 1. The van der Waals surface area contributed by atoms with E-state index in [0.717, 1.165) is 56.5 Å². The van der Waals surface area contributed by atoms with Crippen molar-refractivity contribution >= 4 is 55.1 Å². The fourth-order valence-electron chi connectivity index (χ4n) is 3.90. The smallest absolute Gasteiger partial charge is 0.256 e. The van der Waals surface area contributed by atoms with Crippen molar-refractivity contribution in [1.82, 2.24) is 0 Å². The minimum Gasteiger partial charge on any atom is -0.461 e. The van der Waals surface area contributed by atoms with Gasteiger partial charge in [0.2, 0.25) is 0 Å². The molecule has 2 heterocycles. The Bertz CT molecular complexity index is 925. The molecule has 2 aromatic rings. The predicted octanol–water partition coefficient (Wildman–Crippen LogP) is 6.05. The van der Waals surface area contributed by atoms with Gasteiger partial charge in [-0.2, -0.15) is 0 Å². The van der Waals surface area contributed by atoms with E-state index in [-0.39, 0.29) is 5.91 Å². The summed E-state index contributed by atoms with van der Waals surface area (Å²) in [7, 11) is 0. The first-order valence-electron chi connectivity index (χ1n) is 8.66. The van der Waals surface area contributed by atoms with Crippen LogP contribution >= 0.6 is 31.9 Å². The second kappa shape index (κ2) is 6.44. The molecular formula is C20H19Br2NO2. The molecule has 1 amide bonds. The van der Waals surface area contributed by atoms with Crippen LogP contribution in [0.1, 0.15) is 53.5 Å². The predicted molar refractivity (Wildman–Crippen MR) is 108 cm³/mol. The highest BCUT2D eigenvalue weighted by Crippen LogP contribution is 2.44. The summed E-state index contributed by atoms with van der Waals surface area (Å²) in [5.41, 5.74) is 6.14. The zero-order valence-corrected chi connectivity index (χ0v) is 17.4. The van der Waals surface area contributed by atoms with Gasteiger partial charge < -0.3 is 9.73 Å². The van der Waals surface area contributed by atoms with E-state index < -0.39 is 0 Å². The standard InChI is InChI=1S/C20H19Br2NO2/c1-3-11-12-6-4-5-7-16(12)25-17(11)8-13-18-10(2)14(21)9-15(22)19(18)23-20(13)24/h8-9H,3-7H2,1-2H3,(H,23,24). The molecule has 1 aliphatic heterocycles. The Morgan fingerprint density at radius 2 is 2.00 bits per heavy atom. The number of hydrogen-bond acceptors (Lipinski definition) is 2. The largest absolute Gasteiger partial charge is 0.461 e. The fourth-order valence-corrected chi connectivity index (χ4v) is 5.16. The van der Waals surface area contributed by atoms with E-state index in [9.17, 15) is 4.79 Å². The molecule has 0 spiro atoms. The van der Waals surface area contributed by atoms with Gasteiger partial charge in [0.25, 0.3) is 5.91 Å². The van der Waals surface area contributed by atoms with Gasteiger partial charge in [0.15, 0.2) is 0 Å². The lowest BCUT2D eigenvalue weighted by Crippen LogP contribution is -2.04. The van der Waals surface area contributed by atoms with Crippen molar-refractivity contribution in [2.45, 2.75) is 46.0 Å². The molecule has 0 atom stereocenters. The first kappa shape index (κ1) is 17.1. The topological polar surface area (TPSA) is 42.2 Å². The van der Waals surface area contributed by atoms with E-state index in [1.165, 1.54) is 24.0 Å². The van der Waals surface area contributed by atoms with Gasteiger partial charge in [-0.3, -0.25) is 4.79 Å². The molecule has 0 fully saturated rings. The molecule has 0 saturated heterocycles. The molecule has 0 saturated carbocycles. The summed E-state index contributed by atoms with van der Waals surface area (Å²) in [6.07, 6.45) is 7.35. The highest BCUT2D eigenvalue weighted by Gasteiger charge is 2.30. The molecule has 0 bridgehead atoms. The molecule has 3 nitrogen and oxygen atoms in total. The zero-order valence-electron chi connectivity index (χ0n) is 14.3. The number of carbonyl (C=O) groups is 1.